The fourth-order valence-electron chi connectivity index (χ4n) is 2.82. The number of carboxylic acid groups (broad SMARTS) is 1. The first-order valence-corrected chi connectivity index (χ1v) is 9.33. The van der Waals surface area contributed by atoms with Gasteiger partial charge in [-0.3, -0.25) is 4.79 Å². The van der Waals surface area contributed by atoms with Crippen molar-refractivity contribution in [2.75, 3.05) is 0 Å². The molecule has 0 amide bonds. The minimum absolute atomic E-state index is 0.00706. The summed E-state index contributed by atoms with van der Waals surface area (Å²) in [7, 11) is 0. The summed E-state index contributed by atoms with van der Waals surface area (Å²) in [6.07, 6.45) is 3.87. The van der Waals surface area contributed by atoms with Crippen molar-refractivity contribution in [3.05, 3.63) is 61.8 Å². The molecule has 2 heterocycles. The number of aromatic carboxylic acids is 1. The van der Waals surface area contributed by atoms with E-state index in [1.54, 1.807) is 22.0 Å². The summed E-state index contributed by atoms with van der Waals surface area (Å²) >= 11 is 1.59. The van der Waals surface area contributed by atoms with Gasteiger partial charge in [0, 0.05) is 23.4 Å². The van der Waals surface area contributed by atoms with Crippen molar-refractivity contribution < 1.29 is 9.90 Å². The van der Waals surface area contributed by atoms with Crippen LogP contribution in [0.25, 0.3) is 23.1 Å². The highest BCUT2D eigenvalue weighted by Gasteiger charge is 2.13. The number of hydrogen-bond acceptors (Lipinski definition) is 4. The number of fused-ring (bicyclic) bond motifs is 1. The maximum Gasteiger partial charge on any atom is 0.352 e. The Kier molecular flexibility index (Phi) is 5.04. The van der Waals surface area contributed by atoms with E-state index in [1.807, 2.05) is 31.2 Å². The van der Waals surface area contributed by atoms with Crippen LogP contribution in [0.3, 0.4) is 0 Å². The van der Waals surface area contributed by atoms with E-state index >= 15 is 0 Å². The van der Waals surface area contributed by atoms with Gasteiger partial charge in [0.15, 0.2) is 5.43 Å². The predicted molar refractivity (Wildman–Crippen MR) is 106 cm³/mol. The number of aryl methyl sites for hydroxylation is 1. The summed E-state index contributed by atoms with van der Waals surface area (Å²) in [6, 6.07) is 6.64. The standard InChI is InChI=1S/C20H20N2O3S/c1-4-22-16-9-13(6-8-19-21-15(11-26-19)12(2)3)5-7-14(16)18(23)10-17(22)20(24)25/h5-12H,4H2,1-3H3,(H,24,25). The van der Waals surface area contributed by atoms with Crippen LogP contribution < -0.4 is 5.43 Å². The molecule has 0 saturated heterocycles. The number of rotatable bonds is 5. The van der Waals surface area contributed by atoms with E-state index in [0.29, 0.717) is 23.4 Å². The van der Waals surface area contributed by atoms with Gasteiger partial charge in [0.05, 0.1) is 11.2 Å². The third-order valence-electron chi connectivity index (χ3n) is 4.22. The van der Waals surface area contributed by atoms with Crippen molar-refractivity contribution in [3.63, 3.8) is 0 Å². The van der Waals surface area contributed by atoms with Gasteiger partial charge >= 0.3 is 5.97 Å². The molecule has 0 fully saturated rings. The average Bonchev–Trinajstić information content (AvgIpc) is 3.09. The van der Waals surface area contributed by atoms with E-state index in [4.69, 9.17) is 0 Å². The van der Waals surface area contributed by atoms with Crippen molar-refractivity contribution in [2.45, 2.75) is 33.2 Å². The van der Waals surface area contributed by atoms with E-state index in [9.17, 15) is 14.7 Å². The predicted octanol–water partition coefficient (Wildman–Crippen LogP) is 4.47. The minimum Gasteiger partial charge on any atom is -0.477 e. The van der Waals surface area contributed by atoms with E-state index in [2.05, 4.69) is 24.2 Å². The SMILES string of the molecule is CCn1c(C(=O)O)cc(=O)c2ccc(C=Cc3nc(C(C)C)cs3)cc21. The van der Waals surface area contributed by atoms with Crippen LogP contribution in [0.5, 0.6) is 0 Å². The second kappa shape index (κ2) is 7.25. The molecule has 0 radical (unpaired) electrons. The molecule has 1 aromatic carbocycles. The molecule has 134 valence electrons. The highest BCUT2D eigenvalue weighted by atomic mass is 32.1. The normalized spacial score (nSPS) is 11.7. The van der Waals surface area contributed by atoms with E-state index in [1.165, 1.54) is 6.07 Å². The summed E-state index contributed by atoms with van der Waals surface area (Å²) < 4.78 is 1.65. The molecule has 0 unspecified atom stereocenters. The number of benzene rings is 1. The van der Waals surface area contributed by atoms with Gasteiger partial charge in [-0.25, -0.2) is 9.78 Å². The van der Waals surface area contributed by atoms with Crippen molar-refractivity contribution in [1.29, 1.82) is 0 Å². The second-order valence-corrected chi connectivity index (χ2v) is 7.21. The molecule has 3 rings (SSSR count). The number of carboxylic acids is 1. The Morgan fingerprint density at radius 3 is 2.69 bits per heavy atom. The molecular weight excluding hydrogens is 348 g/mol. The van der Waals surface area contributed by atoms with Crippen molar-refractivity contribution in [3.8, 4) is 0 Å². The van der Waals surface area contributed by atoms with Gasteiger partial charge in [-0.2, -0.15) is 0 Å². The van der Waals surface area contributed by atoms with Crippen LogP contribution in [0.1, 0.15) is 53.4 Å². The van der Waals surface area contributed by atoms with Gasteiger partial charge in [-0.05, 0) is 36.6 Å². The molecule has 1 N–H and O–H groups in total. The molecule has 0 spiro atoms. The Morgan fingerprint density at radius 2 is 2.08 bits per heavy atom. The third-order valence-corrected chi connectivity index (χ3v) is 5.05. The molecule has 0 aliphatic heterocycles. The molecule has 0 bridgehead atoms. The van der Waals surface area contributed by atoms with Crippen molar-refractivity contribution in [1.82, 2.24) is 9.55 Å². The molecule has 26 heavy (non-hydrogen) atoms. The zero-order valence-corrected chi connectivity index (χ0v) is 15.7. The maximum atomic E-state index is 12.2. The summed E-state index contributed by atoms with van der Waals surface area (Å²) in [4.78, 5) is 28.2. The molecule has 2 aromatic heterocycles. The molecule has 0 atom stereocenters. The van der Waals surface area contributed by atoms with Gasteiger partial charge in [0.2, 0.25) is 0 Å². The third kappa shape index (κ3) is 3.46. The van der Waals surface area contributed by atoms with Crippen molar-refractivity contribution >= 4 is 40.4 Å². The molecule has 0 saturated carbocycles. The van der Waals surface area contributed by atoms with Crippen LogP contribution >= 0.6 is 11.3 Å². The lowest BCUT2D eigenvalue weighted by molar-refractivity contribution is 0.0685. The smallest absolute Gasteiger partial charge is 0.352 e. The number of carbonyl (C=O) groups is 1. The first-order valence-electron chi connectivity index (χ1n) is 8.45. The zero-order chi connectivity index (χ0) is 18.8. The second-order valence-electron chi connectivity index (χ2n) is 6.32. The molecule has 6 heteroatoms. The van der Waals surface area contributed by atoms with Crippen LogP contribution in [-0.4, -0.2) is 20.6 Å². The molecule has 5 nitrogen and oxygen atoms in total. The lowest BCUT2D eigenvalue weighted by Gasteiger charge is -2.12. The Hall–Kier alpha value is -2.73. The number of thiazole rings is 1. The Balaban J connectivity index is 2.06. The molecule has 0 aliphatic rings. The molecule has 0 aliphatic carbocycles. The van der Waals surface area contributed by atoms with Crippen molar-refractivity contribution in [2.24, 2.45) is 0 Å². The summed E-state index contributed by atoms with van der Waals surface area (Å²) in [6.45, 7) is 6.55. The summed E-state index contributed by atoms with van der Waals surface area (Å²) in [5.74, 6) is -0.710. The number of aromatic nitrogens is 2. The van der Waals surface area contributed by atoms with Crippen LogP contribution in [-0.2, 0) is 6.54 Å². The minimum atomic E-state index is -1.10. The molecule has 3 aromatic rings. The number of nitrogens with zero attached hydrogens (tertiary/aromatic N) is 2. The van der Waals surface area contributed by atoms with Crippen LogP contribution in [0, 0.1) is 0 Å². The fourth-order valence-corrected chi connectivity index (χ4v) is 3.69. The first-order chi connectivity index (χ1) is 12.4. The number of pyridine rings is 1. The van der Waals surface area contributed by atoms with Crippen LogP contribution in [0.15, 0.2) is 34.4 Å². The lowest BCUT2D eigenvalue weighted by atomic mass is 10.1. The topological polar surface area (TPSA) is 72.2 Å². The summed E-state index contributed by atoms with van der Waals surface area (Å²) in [5, 5.41) is 12.9. The first kappa shape index (κ1) is 18.1. The van der Waals surface area contributed by atoms with Gasteiger partial charge in [0.1, 0.15) is 10.7 Å². The lowest BCUT2D eigenvalue weighted by Crippen LogP contribution is -2.17. The van der Waals surface area contributed by atoms with E-state index in [0.717, 1.165) is 16.3 Å². The summed E-state index contributed by atoms with van der Waals surface area (Å²) in [5.41, 5.74) is 2.32. The Morgan fingerprint density at radius 1 is 1.31 bits per heavy atom. The van der Waals surface area contributed by atoms with Crippen LogP contribution in [0.4, 0.5) is 0 Å². The van der Waals surface area contributed by atoms with Crippen LogP contribution in [0.2, 0.25) is 0 Å². The zero-order valence-electron chi connectivity index (χ0n) is 14.9. The Bertz CT molecular complexity index is 1060. The fraction of sp³-hybridized carbons (Fsp3) is 0.250. The Labute approximate surface area is 155 Å². The van der Waals surface area contributed by atoms with E-state index in [-0.39, 0.29) is 11.1 Å². The maximum absolute atomic E-state index is 12.2. The highest BCUT2D eigenvalue weighted by molar-refractivity contribution is 7.10. The monoisotopic (exact) mass is 368 g/mol. The largest absolute Gasteiger partial charge is 0.477 e. The van der Waals surface area contributed by atoms with Gasteiger partial charge in [-0.15, -0.1) is 11.3 Å². The molecular formula is C20H20N2O3S. The van der Waals surface area contributed by atoms with Gasteiger partial charge in [-0.1, -0.05) is 26.0 Å². The van der Waals surface area contributed by atoms with Gasteiger partial charge in [0.25, 0.3) is 0 Å². The number of hydrogen-bond donors (Lipinski definition) is 1. The highest BCUT2D eigenvalue weighted by Crippen LogP contribution is 2.21. The quantitative estimate of drug-likeness (QED) is 0.721. The van der Waals surface area contributed by atoms with Gasteiger partial charge < -0.3 is 9.67 Å². The van der Waals surface area contributed by atoms with E-state index < -0.39 is 5.97 Å². The average molecular weight is 368 g/mol.